The van der Waals surface area contributed by atoms with Crippen LogP contribution in [0.2, 0.25) is 0 Å². The topological polar surface area (TPSA) is 29.3 Å². The Morgan fingerprint density at radius 2 is 2.46 bits per heavy atom. The highest BCUT2D eigenvalue weighted by molar-refractivity contribution is 5.22. The van der Waals surface area contributed by atoms with E-state index in [1.54, 1.807) is 5.70 Å². The number of rotatable bonds is 3. The second kappa shape index (κ2) is 3.97. The predicted octanol–water partition coefficient (Wildman–Crippen LogP) is 1.50. The quantitative estimate of drug-likeness (QED) is 0.709. The van der Waals surface area contributed by atoms with Gasteiger partial charge in [-0.15, -0.1) is 0 Å². The zero-order chi connectivity index (χ0) is 9.10. The van der Waals surface area contributed by atoms with E-state index in [0.717, 1.165) is 25.4 Å². The van der Waals surface area contributed by atoms with Crippen LogP contribution >= 0.6 is 0 Å². The summed E-state index contributed by atoms with van der Waals surface area (Å²) in [7, 11) is 0. The standard InChI is InChI=1S/C11H18N2/c12-7-3-8-13-9-6-10-4-1-2-5-11(10)13/h1-2,5,10H,3-4,6-9,12H2. The number of fused-ring (bicyclic) bond motifs is 1. The van der Waals surface area contributed by atoms with Gasteiger partial charge in [-0.3, -0.25) is 0 Å². The van der Waals surface area contributed by atoms with Gasteiger partial charge in [-0.05, 0) is 31.9 Å². The van der Waals surface area contributed by atoms with Crippen molar-refractivity contribution in [3.05, 3.63) is 23.9 Å². The van der Waals surface area contributed by atoms with E-state index in [0.29, 0.717) is 0 Å². The fourth-order valence-corrected chi connectivity index (χ4v) is 2.26. The first kappa shape index (κ1) is 8.82. The van der Waals surface area contributed by atoms with Crippen LogP contribution in [-0.4, -0.2) is 24.5 Å². The second-order valence-corrected chi connectivity index (χ2v) is 3.87. The molecule has 0 spiro atoms. The van der Waals surface area contributed by atoms with Crippen molar-refractivity contribution < 1.29 is 0 Å². The van der Waals surface area contributed by atoms with Crippen molar-refractivity contribution in [1.29, 1.82) is 0 Å². The van der Waals surface area contributed by atoms with E-state index in [1.165, 1.54) is 19.4 Å². The molecule has 0 bridgehead atoms. The fraction of sp³-hybridized carbons (Fsp3) is 0.636. The maximum Gasteiger partial charge on any atom is 0.0187 e. The van der Waals surface area contributed by atoms with Crippen LogP contribution in [0.1, 0.15) is 19.3 Å². The smallest absolute Gasteiger partial charge is 0.0187 e. The Balaban J connectivity index is 1.97. The SMILES string of the molecule is NCCCN1CCC2CC=CC=C21. The summed E-state index contributed by atoms with van der Waals surface area (Å²) in [4.78, 5) is 2.50. The summed E-state index contributed by atoms with van der Waals surface area (Å²) in [5, 5.41) is 0. The molecule has 2 heteroatoms. The Bertz CT molecular complexity index is 230. The predicted molar refractivity (Wildman–Crippen MR) is 55.2 cm³/mol. The van der Waals surface area contributed by atoms with Crippen LogP contribution in [0, 0.1) is 5.92 Å². The Kier molecular flexibility index (Phi) is 2.69. The summed E-state index contributed by atoms with van der Waals surface area (Å²) < 4.78 is 0. The number of likely N-dealkylation sites (tertiary alicyclic amines) is 1. The van der Waals surface area contributed by atoms with Gasteiger partial charge in [0, 0.05) is 24.7 Å². The van der Waals surface area contributed by atoms with Gasteiger partial charge in [0.25, 0.3) is 0 Å². The van der Waals surface area contributed by atoms with Gasteiger partial charge in [-0.2, -0.15) is 0 Å². The van der Waals surface area contributed by atoms with E-state index in [1.807, 2.05) is 0 Å². The van der Waals surface area contributed by atoms with Crippen molar-refractivity contribution in [2.75, 3.05) is 19.6 Å². The number of hydrogen-bond donors (Lipinski definition) is 1. The lowest BCUT2D eigenvalue weighted by Crippen LogP contribution is -2.22. The number of nitrogens with two attached hydrogens (primary N) is 1. The molecule has 0 aromatic rings. The lowest BCUT2D eigenvalue weighted by atomic mass is 9.97. The molecule has 0 saturated carbocycles. The molecule has 1 unspecified atom stereocenters. The molecule has 1 aliphatic heterocycles. The first-order chi connectivity index (χ1) is 6.42. The summed E-state index contributed by atoms with van der Waals surface area (Å²) in [6.07, 6.45) is 10.4. The van der Waals surface area contributed by atoms with Gasteiger partial charge in [0.15, 0.2) is 0 Å². The molecule has 2 aliphatic rings. The Labute approximate surface area is 80.1 Å². The van der Waals surface area contributed by atoms with Gasteiger partial charge in [0.1, 0.15) is 0 Å². The summed E-state index contributed by atoms with van der Waals surface area (Å²) in [6, 6.07) is 0. The van der Waals surface area contributed by atoms with Crippen molar-refractivity contribution >= 4 is 0 Å². The lowest BCUT2D eigenvalue weighted by Gasteiger charge is -2.23. The van der Waals surface area contributed by atoms with Gasteiger partial charge in [0.05, 0.1) is 0 Å². The van der Waals surface area contributed by atoms with E-state index in [-0.39, 0.29) is 0 Å². The molecule has 13 heavy (non-hydrogen) atoms. The van der Waals surface area contributed by atoms with Gasteiger partial charge < -0.3 is 10.6 Å². The van der Waals surface area contributed by atoms with E-state index in [9.17, 15) is 0 Å². The Morgan fingerprint density at radius 1 is 1.54 bits per heavy atom. The molecule has 0 radical (unpaired) electrons. The maximum atomic E-state index is 5.51. The zero-order valence-electron chi connectivity index (χ0n) is 8.08. The second-order valence-electron chi connectivity index (χ2n) is 3.87. The molecule has 0 aromatic heterocycles. The van der Waals surface area contributed by atoms with Gasteiger partial charge >= 0.3 is 0 Å². The molecular weight excluding hydrogens is 160 g/mol. The molecule has 1 aliphatic carbocycles. The third-order valence-corrected chi connectivity index (χ3v) is 2.99. The maximum absolute atomic E-state index is 5.51. The minimum atomic E-state index is 0.808. The van der Waals surface area contributed by atoms with E-state index in [4.69, 9.17) is 5.73 Å². The molecular formula is C11H18N2. The average Bonchev–Trinajstić information content (AvgIpc) is 2.58. The number of allylic oxidation sites excluding steroid dienone is 4. The molecule has 1 fully saturated rings. The number of nitrogens with zero attached hydrogens (tertiary/aromatic N) is 1. The van der Waals surface area contributed by atoms with Crippen molar-refractivity contribution in [3.8, 4) is 0 Å². The summed E-state index contributed by atoms with van der Waals surface area (Å²) in [5.41, 5.74) is 7.07. The van der Waals surface area contributed by atoms with Crippen LogP contribution in [0.15, 0.2) is 23.9 Å². The zero-order valence-corrected chi connectivity index (χ0v) is 8.08. The Hall–Kier alpha value is -0.760. The van der Waals surface area contributed by atoms with Crippen LogP contribution in [0.3, 0.4) is 0 Å². The van der Waals surface area contributed by atoms with Crippen LogP contribution < -0.4 is 5.73 Å². The fourth-order valence-electron chi connectivity index (χ4n) is 2.26. The third kappa shape index (κ3) is 1.78. The van der Waals surface area contributed by atoms with Crippen LogP contribution in [0.25, 0.3) is 0 Å². The number of hydrogen-bond acceptors (Lipinski definition) is 2. The normalized spacial score (nSPS) is 26.1. The highest BCUT2D eigenvalue weighted by Gasteiger charge is 2.26. The monoisotopic (exact) mass is 178 g/mol. The van der Waals surface area contributed by atoms with Crippen molar-refractivity contribution in [3.63, 3.8) is 0 Å². The molecule has 2 N–H and O–H groups in total. The van der Waals surface area contributed by atoms with Gasteiger partial charge in [0.2, 0.25) is 0 Å². The van der Waals surface area contributed by atoms with Crippen LogP contribution in [0.4, 0.5) is 0 Å². The molecule has 1 heterocycles. The average molecular weight is 178 g/mol. The van der Waals surface area contributed by atoms with Crippen LogP contribution in [-0.2, 0) is 0 Å². The molecule has 72 valence electrons. The van der Waals surface area contributed by atoms with Crippen molar-refractivity contribution in [2.24, 2.45) is 11.7 Å². The van der Waals surface area contributed by atoms with E-state index < -0.39 is 0 Å². The lowest BCUT2D eigenvalue weighted by molar-refractivity contribution is 0.383. The summed E-state index contributed by atoms with van der Waals surface area (Å²) in [6.45, 7) is 3.19. The summed E-state index contributed by atoms with van der Waals surface area (Å²) >= 11 is 0. The first-order valence-corrected chi connectivity index (χ1v) is 5.23. The van der Waals surface area contributed by atoms with E-state index >= 15 is 0 Å². The van der Waals surface area contributed by atoms with E-state index in [2.05, 4.69) is 23.1 Å². The largest absolute Gasteiger partial charge is 0.375 e. The minimum absolute atomic E-state index is 0.808. The highest BCUT2D eigenvalue weighted by Crippen LogP contribution is 2.33. The first-order valence-electron chi connectivity index (χ1n) is 5.23. The van der Waals surface area contributed by atoms with Crippen molar-refractivity contribution in [2.45, 2.75) is 19.3 Å². The van der Waals surface area contributed by atoms with Crippen molar-refractivity contribution in [1.82, 2.24) is 4.90 Å². The van der Waals surface area contributed by atoms with Gasteiger partial charge in [-0.25, -0.2) is 0 Å². The van der Waals surface area contributed by atoms with Crippen LogP contribution in [0.5, 0.6) is 0 Å². The summed E-state index contributed by atoms with van der Waals surface area (Å²) in [5.74, 6) is 0.808. The highest BCUT2D eigenvalue weighted by atomic mass is 15.2. The van der Waals surface area contributed by atoms with Gasteiger partial charge in [-0.1, -0.05) is 12.2 Å². The Morgan fingerprint density at radius 3 is 3.31 bits per heavy atom. The molecule has 2 nitrogen and oxygen atoms in total. The molecule has 0 aromatic carbocycles. The molecule has 1 saturated heterocycles. The third-order valence-electron chi connectivity index (χ3n) is 2.99. The molecule has 0 amide bonds. The molecule has 2 rings (SSSR count). The minimum Gasteiger partial charge on any atom is -0.375 e. The molecule has 1 atom stereocenters.